The zero-order valence-electron chi connectivity index (χ0n) is 16.1. The number of nitro benzene ring substituents is 1. The molecule has 2 atom stereocenters. The molecule has 0 N–H and O–H groups in total. The highest BCUT2D eigenvalue weighted by Crippen LogP contribution is 2.62. The van der Waals surface area contributed by atoms with Crippen LogP contribution in [0, 0.1) is 15.5 Å². The van der Waals surface area contributed by atoms with Crippen molar-refractivity contribution in [3.8, 4) is 0 Å². The fourth-order valence-electron chi connectivity index (χ4n) is 5.14. The molecule has 1 aromatic heterocycles. The van der Waals surface area contributed by atoms with E-state index in [2.05, 4.69) is 30.7 Å². The minimum Gasteiger partial charge on any atom is -0.348 e. The summed E-state index contributed by atoms with van der Waals surface area (Å²) in [7, 11) is 0. The SMILES string of the molecule is CCOC1(OCC)C2c3cc([N+](=O)[O-])ccc3C([n+]3ccccc32)C1(C)C. The number of rotatable bonds is 5. The molecule has 3 heterocycles. The number of hydrogen-bond donors (Lipinski definition) is 0. The van der Waals surface area contributed by atoms with Crippen LogP contribution in [-0.4, -0.2) is 23.9 Å². The lowest BCUT2D eigenvalue weighted by atomic mass is 9.57. The van der Waals surface area contributed by atoms with Crippen LogP contribution in [-0.2, 0) is 9.47 Å². The quantitative estimate of drug-likeness (QED) is 0.349. The summed E-state index contributed by atoms with van der Waals surface area (Å²) in [6.07, 6.45) is 2.08. The van der Waals surface area contributed by atoms with Gasteiger partial charge in [0.1, 0.15) is 5.92 Å². The third-order valence-electron chi connectivity index (χ3n) is 6.06. The summed E-state index contributed by atoms with van der Waals surface area (Å²) in [6.45, 7) is 9.28. The molecule has 0 saturated carbocycles. The van der Waals surface area contributed by atoms with Crippen LogP contribution in [0.15, 0.2) is 42.6 Å². The monoisotopic (exact) mass is 369 g/mol. The number of hydrogen-bond acceptors (Lipinski definition) is 4. The molecule has 0 saturated heterocycles. The number of fused-ring (bicyclic) bond motifs is 1. The van der Waals surface area contributed by atoms with Gasteiger partial charge in [-0.15, -0.1) is 0 Å². The van der Waals surface area contributed by atoms with Gasteiger partial charge in [-0.2, -0.15) is 4.57 Å². The first-order valence-electron chi connectivity index (χ1n) is 9.45. The second-order valence-electron chi connectivity index (χ2n) is 7.69. The lowest BCUT2D eigenvalue weighted by molar-refractivity contribution is -0.755. The van der Waals surface area contributed by atoms with Gasteiger partial charge in [0.25, 0.3) is 5.69 Å². The van der Waals surface area contributed by atoms with Crippen molar-refractivity contribution in [3.05, 3.63) is 69.5 Å². The zero-order chi connectivity index (χ0) is 19.4. The molecule has 0 fully saturated rings. The highest BCUT2D eigenvalue weighted by molar-refractivity contribution is 5.51. The Labute approximate surface area is 158 Å². The molecule has 27 heavy (non-hydrogen) atoms. The smallest absolute Gasteiger partial charge is 0.269 e. The molecule has 0 amide bonds. The predicted molar refractivity (Wildman–Crippen MR) is 99.5 cm³/mol. The summed E-state index contributed by atoms with van der Waals surface area (Å²) < 4.78 is 15.0. The number of benzene rings is 1. The molecule has 142 valence electrons. The van der Waals surface area contributed by atoms with Gasteiger partial charge in [0.05, 0.1) is 10.3 Å². The minimum atomic E-state index is -0.884. The first kappa shape index (κ1) is 18.1. The number of ether oxygens (including phenoxy) is 2. The van der Waals surface area contributed by atoms with E-state index in [-0.39, 0.29) is 28.0 Å². The normalized spacial score (nSPS) is 23.6. The Morgan fingerprint density at radius 2 is 1.81 bits per heavy atom. The van der Waals surface area contributed by atoms with E-state index in [1.807, 2.05) is 32.0 Å². The van der Waals surface area contributed by atoms with Gasteiger partial charge in [-0.25, -0.2) is 0 Å². The predicted octanol–water partition coefficient (Wildman–Crippen LogP) is 3.73. The Balaban J connectivity index is 2.07. The summed E-state index contributed by atoms with van der Waals surface area (Å²) in [5.41, 5.74) is 2.84. The average molecular weight is 369 g/mol. The summed E-state index contributed by atoms with van der Waals surface area (Å²) >= 11 is 0. The van der Waals surface area contributed by atoms with Gasteiger partial charge < -0.3 is 9.47 Å². The molecule has 2 bridgehead atoms. The first-order chi connectivity index (χ1) is 12.9. The van der Waals surface area contributed by atoms with E-state index in [4.69, 9.17) is 9.47 Å². The van der Waals surface area contributed by atoms with Crippen LogP contribution in [0.5, 0.6) is 0 Å². The van der Waals surface area contributed by atoms with Gasteiger partial charge in [0.15, 0.2) is 23.7 Å². The Kier molecular flexibility index (Phi) is 4.09. The Hall–Kier alpha value is -2.31. The number of aromatic nitrogens is 1. The topological polar surface area (TPSA) is 65.5 Å². The van der Waals surface area contributed by atoms with Crippen LogP contribution >= 0.6 is 0 Å². The Morgan fingerprint density at radius 1 is 1.11 bits per heavy atom. The second-order valence-corrected chi connectivity index (χ2v) is 7.69. The van der Waals surface area contributed by atoms with Crippen molar-refractivity contribution in [3.63, 3.8) is 0 Å². The van der Waals surface area contributed by atoms with Crippen LogP contribution < -0.4 is 4.57 Å². The van der Waals surface area contributed by atoms with Crippen LogP contribution in [0.4, 0.5) is 5.69 Å². The third kappa shape index (κ3) is 2.23. The molecule has 2 unspecified atom stereocenters. The van der Waals surface area contributed by atoms with Crippen molar-refractivity contribution in [1.29, 1.82) is 0 Å². The van der Waals surface area contributed by atoms with E-state index in [1.165, 1.54) is 0 Å². The zero-order valence-corrected chi connectivity index (χ0v) is 16.1. The van der Waals surface area contributed by atoms with Crippen LogP contribution in [0.1, 0.15) is 56.5 Å². The maximum absolute atomic E-state index is 11.4. The highest BCUT2D eigenvalue weighted by atomic mass is 16.7. The summed E-state index contributed by atoms with van der Waals surface area (Å²) in [5.74, 6) is -1.13. The molecule has 3 aliphatic rings. The fourth-order valence-corrected chi connectivity index (χ4v) is 5.14. The van der Waals surface area contributed by atoms with Gasteiger partial charge in [-0.05, 0) is 39.3 Å². The van der Waals surface area contributed by atoms with Gasteiger partial charge >= 0.3 is 0 Å². The van der Waals surface area contributed by atoms with Crippen molar-refractivity contribution < 1.29 is 19.0 Å². The van der Waals surface area contributed by atoms with Crippen molar-refractivity contribution in [2.45, 2.75) is 45.4 Å². The standard InChI is InChI=1S/C21H25N2O4/c1-5-26-21(27-6-2)18-16-13-14(23(24)25)10-11-15(16)19(20(21,3)4)22-12-8-7-9-17(18)22/h7-13,18-19H,5-6H2,1-4H3/q+1. The third-order valence-corrected chi connectivity index (χ3v) is 6.06. The van der Waals surface area contributed by atoms with E-state index >= 15 is 0 Å². The number of nitrogens with zero attached hydrogens (tertiary/aromatic N) is 2. The van der Waals surface area contributed by atoms with Crippen molar-refractivity contribution in [2.75, 3.05) is 13.2 Å². The summed E-state index contributed by atoms with van der Waals surface area (Å²) in [5, 5.41) is 11.4. The van der Waals surface area contributed by atoms with Gasteiger partial charge in [-0.1, -0.05) is 6.07 Å². The van der Waals surface area contributed by atoms with Crippen LogP contribution in [0.25, 0.3) is 0 Å². The van der Waals surface area contributed by atoms with Gasteiger partial charge in [-0.3, -0.25) is 10.1 Å². The molecular formula is C21H25N2O4+. The van der Waals surface area contributed by atoms with E-state index in [9.17, 15) is 10.1 Å². The molecule has 0 radical (unpaired) electrons. The average Bonchev–Trinajstić information content (AvgIpc) is 2.64. The number of non-ortho nitro benzene ring substituents is 1. The molecule has 1 aliphatic carbocycles. The molecule has 5 rings (SSSR count). The van der Waals surface area contributed by atoms with E-state index in [1.54, 1.807) is 12.1 Å². The van der Waals surface area contributed by atoms with Crippen molar-refractivity contribution >= 4 is 5.69 Å². The van der Waals surface area contributed by atoms with Crippen molar-refractivity contribution in [1.82, 2.24) is 0 Å². The van der Waals surface area contributed by atoms with Crippen LogP contribution in [0.3, 0.4) is 0 Å². The second kappa shape index (κ2) is 6.11. The largest absolute Gasteiger partial charge is 0.348 e. The molecule has 1 aromatic carbocycles. The number of nitro groups is 1. The molecular weight excluding hydrogens is 344 g/mol. The lowest BCUT2D eigenvalue weighted by Gasteiger charge is -2.57. The Morgan fingerprint density at radius 3 is 2.44 bits per heavy atom. The number of pyridine rings is 1. The van der Waals surface area contributed by atoms with E-state index in [0.29, 0.717) is 13.2 Å². The molecule has 2 aromatic rings. The maximum Gasteiger partial charge on any atom is 0.269 e. The van der Waals surface area contributed by atoms with Crippen molar-refractivity contribution in [2.24, 2.45) is 5.41 Å². The van der Waals surface area contributed by atoms with Gasteiger partial charge in [0.2, 0.25) is 0 Å². The summed E-state index contributed by atoms with van der Waals surface area (Å²) in [6, 6.07) is 11.3. The Bertz CT molecular complexity index is 903. The van der Waals surface area contributed by atoms with E-state index in [0.717, 1.165) is 16.8 Å². The summed E-state index contributed by atoms with van der Waals surface area (Å²) in [4.78, 5) is 11.1. The molecule has 6 heteroatoms. The molecule has 2 aliphatic heterocycles. The lowest BCUT2D eigenvalue weighted by Crippen LogP contribution is -2.71. The van der Waals surface area contributed by atoms with E-state index < -0.39 is 5.79 Å². The van der Waals surface area contributed by atoms with Gasteiger partial charge in [0, 0.05) is 43.0 Å². The highest BCUT2D eigenvalue weighted by Gasteiger charge is 2.70. The first-order valence-corrected chi connectivity index (χ1v) is 9.45. The minimum absolute atomic E-state index is 0.0346. The van der Waals surface area contributed by atoms with Crippen LogP contribution in [0.2, 0.25) is 0 Å². The molecule has 0 spiro atoms. The molecule has 6 nitrogen and oxygen atoms in total. The maximum atomic E-state index is 11.4. The fraction of sp³-hybridized carbons (Fsp3) is 0.476.